The minimum atomic E-state index is -0.963. The van der Waals surface area contributed by atoms with Gasteiger partial charge in [0.25, 0.3) is 0 Å². The molecule has 0 aliphatic carbocycles. The molecule has 0 aromatic heterocycles. The molecule has 0 bridgehead atoms. The summed E-state index contributed by atoms with van der Waals surface area (Å²) in [6, 6.07) is 7.10. The van der Waals surface area contributed by atoms with Crippen molar-refractivity contribution in [2.45, 2.75) is 13.5 Å². The molecule has 0 unspecified atom stereocenters. The lowest BCUT2D eigenvalue weighted by molar-refractivity contribution is -0.140. The zero-order chi connectivity index (χ0) is 14.3. The smallest absolute Gasteiger partial charge is 0.407 e. The van der Waals surface area contributed by atoms with Crippen LogP contribution in [0.25, 0.3) is 0 Å². The number of carbonyl (C=O) groups is 2. The third kappa shape index (κ3) is 5.29. The maximum atomic E-state index is 11.3. The minimum absolute atomic E-state index is 0.0385. The van der Waals surface area contributed by atoms with Crippen molar-refractivity contribution in [3.63, 3.8) is 0 Å². The quantitative estimate of drug-likeness (QED) is 0.818. The van der Waals surface area contributed by atoms with E-state index in [2.05, 4.69) is 5.32 Å². The van der Waals surface area contributed by atoms with Crippen LogP contribution in [0.15, 0.2) is 24.3 Å². The average molecular weight is 267 g/mol. The molecule has 6 nitrogen and oxygen atoms in total. The Morgan fingerprint density at radius 2 is 1.95 bits per heavy atom. The molecule has 0 fully saturated rings. The molecule has 1 rings (SSSR count). The molecule has 1 atom stereocenters. The van der Waals surface area contributed by atoms with Gasteiger partial charge >= 0.3 is 12.1 Å². The molecule has 6 heteroatoms. The van der Waals surface area contributed by atoms with Gasteiger partial charge in [-0.3, -0.25) is 4.79 Å². The zero-order valence-corrected chi connectivity index (χ0v) is 10.9. The Labute approximate surface area is 111 Å². The van der Waals surface area contributed by atoms with Gasteiger partial charge in [-0.2, -0.15) is 0 Å². The zero-order valence-electron chi connectivity index (χ0n) is 10.9. The van der Waals surface area contributed by atoms with Gasteiger partial charge in [-0.1, -0.05) is 19.1 Å². The van der Waals surface area contributed by atoms with Gasteiger partial charge in [0.05, 0.1) is 13.0 Å². The summed E-state index contributed by atoms with van der Waals surface area (Å²) in [5.41, 5.74) is 0.822. The van der Waals surface area contributed by atoms with Crippen molar-refractivity contribution >= 4 is 12.1 Å². The number of methoxy groups -OCH3 is 1. The van der Waals surface area contributed by atoms with Crippen molar-refractivity contribution in [2.75, 3.05) is 13.7 Å². The summed E-state index contributed by atoms with van der Waals surface area (Å²) < 4.78 is 9.95. The van der Waals surface area contributed by atoms with E-state index >= 15 is 0 Å². The van der Waals surface area contributed by atoms with E-state index in [0.717, 1.165) is 11.3 Å². The van der Waals surface area contributed by atoms with E-state index in [1.165, 1.54) is 6.92 Å². The number of carboxylic acid groups (broad SMARTS) is 1. The van der Waals surface area contributed by atoms with Crippen LogP contribution in [0.1, 0.15) is 12.5 Å². The molecule has 0 spiro atoms. The highest BCUT2D eigenvalue weighted by molar-refractivity contribution is 5.72. The third-order valence-electron chi connectivity index (χ3n) is 2.50. The highest BCUT2D eigenvalue weighted by atomic mass is 16.5. The number of hydrogen-bond donors (Lipinski definition) is 2. The van der Waals surface area contributed by atoms with Gasteiger partial charge in [0.2, 0.25) is 0 Å². The Balaban J connectivity index is 2.31. The maximum absolute atomic E-state index is 11.3. The summed E-state index contributed by atoms with van der Waals surface area (Å²) in [5, 5.41) is 11.0. The minimum Gasteiger partial charge on any atom is -0.497 e. The first-order chi connectivity index (χ1) is 9.02. The van der Waals surface area contributed by atoms with E-state index < -0.39 is 18.0 Å². The van der Waals surface area contributed by atoms with Crippen molar-refractivity contribution < 1.29 is 24.2 Å². The molecule has 0 radical (unpaired) electrons. The molecule has 0 saturated carbocycles. The lowest BCUT2D eigenvalue weighted by Crippen LogP contribution is -2.31. The highest BCUT2D eigenvalue weighted by Crippen LogP contribution is 2.11. The Morgan fingerprint density at radius 1 is 1.32 bits per heavy atom. The number of amides is 1. The second-order valence-electron chi connectivity index (χ2n) is 4.04. The second kappa shape index (κ2) is 7.25. The Hall–Kier alpha value is -2.24. The van der Waals surface area contributed by atoms with Crippen LogP contribution in [0.5, 0.6) is 5.75 Å². The largest absolute Gasteiger partial charge is 0.497 e. The fourth-order valence-corrected chi connectivity index (χ4v) is 1.25. The van der Waals surface area contributed by atoms with Crippen molar-refractivity contribution in [3.05, 3.63) is 29.8 Å². The van der Waals surface area contributed by atoms with Crippen molar-refractivity contribution in [1.29, 1.82) is 0 Å². The highest BCUT2D eigenvalue weighted by Gasteiger charge is 2.12. The Morgan fingerprint density at radius 3 is 2.47 bits per heavy atom. The normalized spacial score (nSPS) is 11.5. The number of aliphatic carboxylic acids is 1. The average Bonchev–Trinajstić information content (AvgIpc) is 2.42. The molecular weight excluding hydrogens is 250 g/mol. The molecule has 1 aromatic rings. The number of ether oxygens (including phenoxy) is 2. The molecular formula is C13H17NO5. The van der Waals surface area contributed by atoms with E-state index in [0.29, 0.717) is 0 Å². The fraction of sp³-hybridized carbons (Fsp3) is 0.385. The van der Waals surface area contributed by atoms with Crippen LogP contribution in [0, 0.1) is 5.92 Å². The monoisotopic (exact) mass is 267 g/mol. The predicted molar refractivity (Wildman–Crippen MR) is 68.0 cm³/mol. The number of benzene rings is 1. The molecule has 104 valence electrons. The molecule has 0 saturated heterocycles. The van der Waals surface area contributed by atoms with Gasteiger partial charge in [-0.15, -0.1) is 0 Å². The van der Waals surface area contributed by atoms with E-state index in [4.69, 9.17) is 14.6 Å². The van der Waals surface area contributed by atoms with E-state index in [1.807, 2.05) is 0 Å². The van der Waals surface area contributed by atoms with Gasteiger partial charge in [0, 0.05) is 6.54 Å². The first kappa shape index (κ1) is 14.8. The number of carbonyl (C=O) groups excluding carboxylic acids is 1. The van der Waals surface area contributed by atoms with E-state index in [9.17, 15) is 9.59 Å². The number of hydrogen-bond acceptors (Lipinski definition) is 4. The molecule has 0 aliphatic heterocycles. The summed E-state index contributed by atoms with van der Waals surface area (Å²) in [5.74, 6) is -0.882. The molecule has 2 N–H and O–H groups in total. The van der Waals surface area contributed by atoms with Crippen molar-refractivity contribution in [2.24, 2.45) is 5.92 Å². The van der Waals surface area contributed by atoms with Crippen molar-refractivity contribution in [1.82, 2.24) is 5.32 Å². The summed E-state index contributed by atoms with van der Waals surface area (Å²) in [6.07, 6.45) is -0.635. The van der Waals surface area contributed by atoms with E-state index in [-0.39, 0.29) is 13.2 Å². The van der Waals surface area contributed by atoms with Crippen LogP contribution >= 0.6 is 0 Å². The standard InChI is InChI=1S/C13H17NO5/c1-9(12(15)16)7-14-13(17)19-8-10-3-5-11(18-2)6-4-10/h3-6,9H,7-8H2,1-2H3,(H,14,17)(H,15,16)/t9-/m1/s1. The van der Waals surface area contributed by atoms with Crippen LogP contribution in [0.3, 0.4) is 0 Å². The van der Waals surface area contributed by atoms with Crippen LogP contribution < -0.4 is 10.1 Å². The molecule has 19 heavy (non-hydrogen) atoms. The molecule has 1 amide bonds. The Kier molecular flexibility index (Phi) is 5.66. The van der Waals surface area contributed by atoms with Gasteiger partial charge in [0.1, 0.15) is 12.4 Å². The van der Waals surface area contributed by atoms with Crippen LogP contribution in [-0.4, -0.2) is 30.8 Å². The van der Waals surface area contributed by atoms with Crippen LogP contribution in [-0.2, 0) is 16.1 Å². The lowest BCUT2D eigenvalue weighted by atomic mass is 10.2. The number of carboxylic acids is 1. The summed E-state index contributed by atoms with van der Waals surface area (Å²) in [4.78, 5) is 21.9. The first-order valence-electron chi connectivity index (χ1n) is 5.79. The second-order valence-corrected chi connectivity index (χ2v) is 4.04. The summed E-state index contributed by atoms with van der Waals surface area (Å²) in [7, 11) is 1.57. The molecule has 1 aromatic carbocycles. The third-order valence-corrected chi connectivity index (χ3v) is 2.50. The first-order valence-corrected chi connectivity index (χ1v) is 5.79. The van der Waals surface area contributed by atoms with Gasteiger partial charge in [-0.05, 0) is 17.7 Å². The SMILES string of the molecule is COc1ccc(COC(=O)NC[C@@H](C)C(=O)O)cc1. The van der Waals surface area contributed by atoms with Crippen LogP contribution in [0.2, 0.25) is 0 Å². The number of nitrogens with one attached hydrogen (secondary N) is 1. The van der Waals surface area contributed by atoms with Gasteiger partial charge in [-0.25, -0.2) is 4.79 Å². The predicted octanol–water partition coefficient (Wildman–Crippen LogP) is 1.64. The Bertz CT molecular complexity index is 429. The van der Waals surface area contributed by atoms with Gasteiger partial charge < -0.3 is 19.9 Å². The fourth-order valence-electron chi connectivity index (χ4n) is 1.25. The van der Waals surface area contributed by atoms with E-state index in [1.54, 1.807) is 31.4 Å². The summed E-state index contributed by atoms with van der Waals surface area (Å²) >= 11 is 0. The number of alkyl carbamates (subject to hydrolysis) is 1. The molecule has 0 aliphatic rings. The van der Waals surface area contributed by atoms with Crippen LogP contribution in [0.4, 0.5) is 4.79 Å². The topological polar surface area (TPSA) is 84.9 Å². The van der Waals surface area contributed by atoms with Gasteiger partial charge in [0.15, 0.2) is 0 Å². The number of rotatable bonds is 6. The summed E-state index contributed by atoms with van der Waals surface area (Å²) in [6.45, 7) is 1.67. The lowest BCUT2D eigenvalue weighted by Gasteiger charge is -2.09. The molecule has 0 heterocycles. The van der Waals surface area contributed by atoms with Crippen molar-refractivity contribution in [3.8, 4) is 5.75 Å². The maximum Gasteiger partial charge on any atom is 0.407 e.